The standard InChI is InChI=1S/C33H22ClN3O5/c34-23-11-5-6-12-24(23)37-31(39)28-27-19-7-1-3-9-21(19)33(29(28)32(37)40,22-10-4-2-8-20(22)27)16-35-36-30(38)18-13-14-25-26(15-18)42-17-41-25/h1-16,27-29H,17H2,(H,36,38). The van der Waals surface area contributed by atoms with Gasteiger partial charge >= 0.3 is 0 Å². The topological polar surface area (TPSA) is 97.3 Å². The number of ether oxygens (including phenoxy) is 2. The van der Waals surface area contributed by atoms with Crippen molar-refractivity contribution in [1.82, 2.24) is 5.43 Å². The first-order chi connectivity index (χ1) is 20.5. The van der Waals surface area contributed by atoms with Crippen molar-refractivity contribution in [3.8, 4) is 11.5 Å². The molecular formula is C33H22ClN3O5. The number of halogens is 1. The molecule has 1 saturated heterocycles. The van der Waals surface area contributed by atoms with Crippen LogP contribution in [0.15, 0.2) is 96.1 Å². The fraction of sp³-hybridized carbons (Fsp3) is 0.152. The van der Waals surface area contributed by atoms with E-state index in [1.54, 1.807) is 48.7 Å². The van der Waals surface area contributed by atoms with E-state index in [1.807, 2.05) is 48.5 Å². The number of carbonyl (C=O) groups excluding carboxylic acids is 3. The average molecular weight is 576 g/mol. The number of nitrogens with zero attached hydrogens (tertiary/aromatic N) is 2. The molecule has 2 bridgehead atoms. The summed E-state index contributed by atoms with van der Waals surface area (Å²) in [5.41, 5.74) is 5.93. The number of fused-ring (bicyclic) bond motifs is 1. The monoisotopic (exact) mass is 575 g/mol. The highest BCUT2D eigenvalue weighted by atomic mass is 35.5. The Kier molecular flexibility index (Phi) is 5.33. The van der Waals surface area contributed by atoms with Gasteiger partial charge in [-0.2, -0.15) is 5.10 Å². The molecular weight excluding hydrogens is 554 g/mol. The van der Waals surface area contributed by atoms with Crippen LogP contribution in [0, 0.1) is 11.8 Å². The van der Waals surface area contributed by atoms with Crippen molar-refractivity contribution in [3.63, 3.8) is 0 Å². The number of imide groups is 1. The predicted octanol–water partition coefficient (Wildman–Crippen LogP) is 5.04. The van der Waals surface area contributed by atoms with Crippen molar-refractivity contribution >= 4 is 41.2 Å². The minimum atomic E-state index is -1.11. The number of rotatable bonds is 4. The van der Waals surface area contributed by atoms with Crippen LogP contribution in [-0.4, -0.2) is 30.7 Å². The molecule has 0 saturated carbocycles. The molecule has 4 aromatic carbocycles. The van der Waals surface area contributed by atoms with Gasteiger partial charge < -0.3 is 9.47 Å². The van der Waals surface area contributed by atoms with Crippen LogP contribution in [0.2, 0.25) is 5.02 Å². The molecule has 42 heavy (non-hydrogen) atoms. The highest BCUT2D eigenvalue weighted by molar-refractivity contribution is 6.36. The molecule has 8 nitrogen and oxygen atoms in total. The van der Waals surface area contributed by atoms with E-state index in [4.69, 9.17) is 21.1 Å². The van der Waals surface area contributed by atoms with Gasteiger partial charge in [-0.25, -0.2) is 10.3 Å². The maximum atomic E-state index is 14.4. The van der Waals surface area contributed by atoms with Crippen LogP contribution >= 0.6 is 11.6 Å². The Morgan fingerprint density at radius 2 is 1.55 bits per heavy atom. The Morgan fingerprint density at radius 3 is 2.29 bits per heavy atom. The molecule has 2 heterocycles. The zero-order valence-electron chi connectivity index (χ0n) is 22.0. The van der Waals surface area contributed by atoms with E-state index in [0.717, 1.165) is 22.3 Å². The first kappa shape index (κ1) is 24.8. The van der Waals surface area contributed by atoms with Gasteiger partial charge in [0.15, 0.2) is 11.5 Å². The Labute approximate surface area is 245 Å². The van der Waals surface area contributed by atoms with Crippen LogP contribution in [0.1, 0.15) is 38.5 Å². The zero-order chi connectivity index (χ0) is 28.6. The van der Waals surface area contributed by atoms with Gasteiger partial charge in [-0.15, -0.1) is 0 Å². The summed E-state index contributed by atoms with van der Waals surface area (Å²) in [7, 11) is 0. The molecule has 2 atom stereocenters. The highest BCUT2D eigenvalue weighted by Gasteiger charge is 2.68. The number of anilines is 1. The molecule has 5 aliphatic rings. The summed E-state index contributed by atoms with van der Waals surface area (Å²) in [6, 6.07) is 27.5. The van der Waals surface area contributed by atoms with Crippen LogP contribution in [-0.2, 0) is 15.0 Å². The number of hydrogen-bond acceptors (Lipinski definition) is 6. The average Bonchev–Trinajstić information content (AvgIpc) is 3.60. The van der Waals surface area contributed by atoms with Crippen LogP contribution in [0.5, 0.6) is 11.5 Å². The molecule has 2 unspecified atom stereocenters. The van der Waals surface area contributed by atoms with Crippen molar-refractivity contribution < 1.29 is 23.9 Å². The molecule has 1 fully saturated rings. The number of carbonyl (C=O) groups is 3. The first-order valence-electron chi connectivity index (χ1n) is 13.6. The number of nitrogens with one attached hydrogen (secondary N) is 1. The highest BCUT2D eigenvalue weighted by Crippen LogP contribution is 2.63. The molecule has 9 heteroatoms. The Morgan fingerprint density at radius 1 is 0.881 bits per heavy atom. The molecule has 1 N–H and O–H groups in total. The molecule has 0 spiro atoms. The van der Waals surface area contributed by atoms with Crippen LogP contribution in [0.3, 0.4) is 0 Å². The van der Waals surface area contributed by atoms with Crippen molar-refractivity contribution in [3.05, 3.63) is 124 Å². The summed E-state index contributed by atoms with van der Waals surface area (Å²) in [6.45, 7) is 0.0986. The summed E-state index contributed by atoms with van der Waals surface area (Å²) in [5.74, 6) is -1.82. The van der Waals surface area contributed by atoms with E-state index < -0.39 is 23.2 Å². The van der Waals surface area contributed by atoms with Gasteiger partial charge in [-0.05, 0) is 52.6 Å². The van der Waals surface area contributed by atoms with Gasteiger partial charge in [-0.1, -0.05) is 72.3 Å². The normalized spacial score (nSPS) is 24.5. The molecule has 9 rings (SSSR count). The van der Waals surface area contributed by atoms with Gasteiger partial charge in [0.2, 0.25) is 18.6 Å². The van der Waals surface area contributed by atoms with E-state index in [-0.39, 0.29) is 24.5 Å². The van der Waals surface area contributed by atoms with E-state index in [0.29, 0.717) is 27.8 Å². The largest absolute Gasteiger partial charge is 0.454 e. The third kappa shape index (κ3) is 3.24. The lowest BCUT2D eigenvalue weighted by Crippen LogP contribution is -2.54. The second-order valence-electron chi connectivity index (χ2n) is 10.8. The lowest BCUT2D eigenvalue weighted by atomic mass is 9.47. The predicted molar refractivity (Wildman–Crippen MR) is 155 cm³/mol. The van der Waals surface area contributed by atoms with E-state index in [2.05, 4.69) is 10.5 Å². The zero-order valence-corrected chi connectivity index (χ0v) is 22.7. The number of amides is 3. The lowest BCUT2D eigenvalue weighted by Gasteiger charge is -2.52. The number of hydrazone groups is 1. The fourth-order valence-corrected chi connectivity index (χ4v) is 7.44. The fourth-order valence-electron chi connectivity index (χ4n) is 7.22. The van der Waals surface area contributed by atoms with Crippen LogP contribution < -0.4 is 19.8 Å². The minimum Gasteiger partial charge on any atom is -0.454 e. The molecule has 4 aromatic rings. The quantitative estimate of drug-likeness (QED) is 0.209. The maximum Gasteiger partial charge on any atom is 0.271 e. The van der Waals surface area contributed by atoms with E-state index in [1.165, 1.54) is 4.90 Å². The number of benzene rings is 4. The van der Waals surface area contributed by atoms with E-state index >= 15 is 0 Å². The first-order valence-corrected chi connectivity index (χ1v) is 13.9. The van der Waals surface area contributed by atoms with Crippen LogP contribution in [0.4, 0.5) is 5.69 Å². The van der Waals surface area contributed by atoms with Gasteiger partial charge in [0, 0.05) is 17.7 Å². The third-order valence-corrected chi connectivity index (χ3v) is 9.17. The van der Waals surface area contributed by atoms with Gasteiger partial charge in [-0.3, -0.25) is 14.4 Å². The second-order valence-corrected chi connectivity index (χ2v) is 11.2. The summed E-state index contributed by atoms with van der Waals surface area (Å²) in [5, 5.41) is 4.78. The molecule has 3 aliphatic carbocycles. The van der Waals surface area contributed by atoms with Crippen molar-refractivity contribution in [2.45, 2.75) is 11.3 Å². The van der Waals surface area contributed by atoms with Crippen molar-refractivity contribution in [2.75, 3.05) is 11.7 Å². The molecule has 2 aliphatic heterocycles. The van der Waals surface area contributed by atoms with Crippen molar-refractivity contribution in [2.24, 2.45) is 16.9 Å². The second kappa shape index (κ2) is 9.03. The minimum absolute atomic E-state index is 0.0986. The SMILES string of the molecule is O=C(NN=CC12c3ccccc3C(c3ccccc31)C1C(=O)N(c3ccccc3Cl)C(=O)C12)c1ccc2c(c1)OCO2. The lowest BCUT2D eigenvalue weighted by molar-refractivity contribution is -0.122. The van der Waals surface area contributed by atoms with Gasteiger partial charge in [0.1, 0.15) is 0 Å². The summed E-state index contributed by atoms with van der Waals surface area (Å²) < 4.78 is 10.7. The summed E-state index contributed by atoms with van der Waals surface area (Å²) in [4.78, 5) is 43.0. The van der Waals surface area contributed by atoms with Gasteiger partial charge in [0.05, 0.1) is 28.0 Å². The third-order valence-electron chi connectivity index (χ3n) is 8.85. The summed E-state index contributed by atoms with van der Waals surface area (Å²) in [6.07, 6.45) is 1.63. The van der Waals surface area contributed by atoms with E-state index in [9.17, 15) is 14.4 Å². The smallest absolute Gasteiger partial charge is 0.271 e. The Hall–Kier alpha value is -4.95. The van der Waals surface area contributed by atoms with Gasteiger partial charge in [0.25, 0.3) is 5.91 Å². The van der Waals surface area contributed by atoms with Crippen LogP contribution in [0.25, 0.3) is 0 Å². The van der Waals surface area contributed by atoms with Crippen molar-refractivity contribution in [1.29, 1.82) is 0 Å². The number of para-hydroxylation sites is 1. The molecule has 0 radical (unpaired) electrons. The molecule has 0 aromatic heterocycles. The Balaban J connectivity index is 1.27. The molecule has 206 valence electrons. The maximum absolute atomic E-state index is 14.4. The number of hydrogen-bond donors (Lipinski definition) is 1. The Bertz CT molecular complexity index is 1820. The summed E-state index contributed by atoms with van der Waals surface area (Å²) >= 11 is 6.51. The molecule has 3 amide bonds.